The van der Waals surface area contributed by atoms with Crippen LogP contribution in [0.25, 0.3) is 10.9 Å². The highest BCUT2D eigenvalue weighted by atomic mass is 16.5. The topological polar surface area (TPSA) is 30.3 Å². The maximum Gasteiger partial charge on any atom is 0.0688 e. The van der Waals surface area contributed by atoms with Crippen LogP contribution in [0.15, 0.2) is 18.2 Å². The highest BCUT2D eigenvalue weighted by Crippen LogP contribution is 2.19. The van der Waals surface area contributed by atoms with Gasteiger partial charge >= 0.3 is 0 Å². The third-order valence-corrected chi connectivity index (χ3v) is 3.82. The second kappa shape index (κ2) is 5.31. The van der Waals surface area contributed by atoms with Gasteiger partial charge in [0.15, 0.2) is 0 Å². The Balaban J connectivity index is 1.78. The molecule has 0 amide bonds. The molecule has 0 N–H and O–H groups in total. The van der Waals surface area contributed by atoms with Crippen molar-refractivity contribution in [2.24, 2.45) is 0 Å². The summed E-state index contributed by atoms with van der Waals surface area (Å²) in [5.74, 6) is 0. The lowest BCUT2D eigenvalue weighted by molar-refractivity contribution is 0.0361. The van der Waals surface area contributed by atoms with Crippen molar-refractivity contribution in [3.8, 4) is 0 Å². The van der Waals surface area contributed by atoms with Gasteiger partial charge in [0.05, 0.1) is 31.0 Å². The van der Waals surface area contributed by atoms with Gasteiger partial charge < -0.3 is 4.74 Å². The minimum Gasteiger partial charge on any atom is -0.379 e. The molecule has 19 heavy (non-hydrogen) atoms. The van der Waals surface area contributed by atoms with Gasteiger partial charge in [0.2, 0.25) is 0 Å². The van der Waals surface area contributed by atoms with Crippen LogP contribution in [0.1, 0.15) is 11.3 Å². The lowest BCUT2D eigenvalue weighted by Gasteiger charge is -2.26. The van der Waals surface area contributed by atoms with Crippen LogP contribution in [-0.2, 0) is 11.3 Å². The molecule has 102 valence electrons. The van der Waals surface area contributed by atoms with Crippen LogP contribution in [-0.4, -0.2) is 47.5 Å². The summed E-state index contributed by atoms with van der Waals surface area (Å²) < 4.78 is 7.52. The Morgan fingerprint density at radius 3 is 2.74 bits per heavy atom. The van der Waals surface area contributed by atoms with E-state index in [4.69, 9.17) is 4.74 Å². The van der Waals surface area contributed by atoms with E-state index >= 15 is 0 Å². The fraction of sp³-hybridized carbons (Fsp3) is 0.533. The zero-order valence-electron chi connectivity index (χ0n) is 11.7. The maximum atomic E-state index is 5.38. The molecule has 0 unspecified atom stereocenters. The number of hydrogen-bond donors (Lipinski definition) is 0. The van der Waals surface area contributed by atoms with E-state index < -0.39 is 0 Å². The van der Waals surface area contributed by atoms with Crippen LogP contribution < -0.4 is 0 Å². The fourth-order valence-electron chi connectivity index (χ4n) is 2.68. The van der Waals surface area contributed by atoms with Crippen molar-refractivity contribution in [3.63, 3.8) is 0 Å². The predicted molar refractivity (Wildman–Crippen MR) is 76.5 cm³/mol. The van der Waals surface area contributed by atoms with E-state index in [1.165, 1.54) is 16.5 Å². The quantitative estimate of drug-likeness (QED) is 0.844. The molecule has 2 heterocycles. The lowest BCUT2D eigenvalue weighted by atomic mass is 10.1. The van der Waals surface area contributed by atoms with Crippen LogP contribution in [0.5, 0.6) is 0 Å². The number of benzene rings is 1. The Kier molecular flexibility index (Phi) is 3.53. The van der Waals surface area contributed by atoms with Crippen molar-refractivity contribution in [3.05, 3.63) is 29.5 Å². The van der Waals surface area contributed by atoms with Gasteiger partial charge in [0.1, 0.15) is 0 Å². The first-order valence-corrected chi connectivity index (χ1v) is 6.98. The van der Waals surface area contributed by atoms with Gasteiger partial charge in [-0.25, -0.2) is 0 Å². The normalized spacial score (nSPS) is 17.2. The molecule has 0 saturated carbocycles. The first-order valence-electron chi connectivity index (χ1n) is 6.98. The molecule has 1 aliphatic rings. The zero-order valence-corrected chi connectivity index (χ0v) is 11.7. The van der Waals surface area contributed by atoms with Gasteiger partial charge in [-0.3, -0.25) is 9.58 Å². The number of nitrogens with zero attached hydrogens (tertiary/aromatic N) is 3. The second-order valence-corrected chi connectivity index (χ2v) is 5.28. The smallest absolute Gasteiger partial charge is 0.0688 e. The molecule has 1 aromatic heterocycles. The summed E-state index contributed by atoms with van der Waals surface area (Å²) in [4.78, 5) is 2.45. The molecule has 2 aromatic rings. The molecule has 1 fully saturated rings. The number of hydrogen-bond acceptors (Lipinski definition) is 3. The standard InChI is InChI=1S/C15H21N3O/c1-12-3-4-14-13(2)16-18(15(14)11-12)6-5-17-7-9-19-10-8-17/h3-4,11H,5-10H2,1-2H3. The molecule has 0 radical (unpaired) electrons. The van der Waals surface area contributed by atoms with Crippen molar-refractivity contribution in [1.82, 2.24) is 14.7 Å². The SMILES string of the molecule is Cc1ccc2c(C)nn(CCN3CCOCC3)c2c1. The van der Waals surface area contributed by atoms with E-state index in [2.05, 4.69) is 46.7 Å². The number of rotatable bonds is 3. The molecule has 4 heteroatoms. The Morgan fingerprint density at radius 1 is 1.16 bits per heavy atom. The zero-order chi connectivity index (χ0) is 13.2. The van der Waals surface area contributed by atoms with Crippen LogP contribution in [0.2, 0.25) is 0 Å². The van der Waals surface area contributed by atoms with E-state index in [-0.39, 0.29) is 0 Å². The van der Waals surface area contributed by atoms with Gasteiger partial charge in [0.25, 0.3) is 0 Å². The largest absolute Gasteiger partial charge is 0.379 e. The third kappa shape index (κ3) is 2.65. The fourth-order valence-corrected chi connectivity index (χ4v) is 2.68. The summed E-state index contributed by atoms with van der Waals surface area (Å²) in [5, 5.41) is 5.94. The van der Waals surface area contributed by atoms with E-state index in [1.807, 2.05) is 0 Å². The molecule has 4 nitrogen and oxygen atoms in total. The minimum absolute atomic E-state index is 0.859. The number of fused-ring (bicyclic) bond motifs is 1. The van der Waals surface area contributed by atoms with Gasteiger partial charge in [-0.2, -0.15) is 5.10 Å². The molecule has 0 spiro atoms. The third-order valence-electron chi connectivity index (χ3n) is 3.82. The van der Waals surface area contributed by atoms with Gasteiger partial charge in [0, 0.05) is 25.0 Å². The van der Waals surface area contributed by atoms with Crippen LogP contribution in [0.4, 0.5) is 0 Å². The molecule has 0 atom stereocenters. The molecule has 0 bridgehead atoms. The minimum atomic E-state index is 0.859. The average molecular weight is 259 g/mol. The highest BCUT2D eigenvalue weighted by molar-refractivity contribution is 5.82. The Labute approximate surface area is 114 Å². The molecule has 1 aromatic carbocycles. The van der Waals surface area contributed by atoms with Crippen molar-refractivity contribution in [2.45, 2.75) is 20.4 Å². The van der Waals surface area contributed by atoms with Crippen molar-refractivity contribution < 1.29 is 4.74 Å². The molecule has 1 saturated heterocycles. The molecule has 1 aliphatic heterocycles. The molecule has 3 rings (SSSR count). The number of aryl methyl sites for hydroxylation is 2. The van der Waals surface area contributed by atoms with Gasteiger partial charge in [-0.1, -0.05) is 12.1 Å². The first kappa shape index (κ1) is 12.6. The van der Waals surface area contributed by atoms with Crippen molar-refractivity contribution >= 4 is 10.9 Å². The van der Waals surface area contributed by atoms with E-state index in [9.17, 15) is 0 Å². The van der Waals surface area contributed by atoms with Crippen LogP contribution in [0.3, 0.4) is 0 Å². The van der Waals surface area contributed by atoms with Crippen molar-refractivity contribution in [1.29, 1.82) is 0 Å². The Hall–Kier alpha value is -1.39. The Morgan fingerprint density at radius 2 is 1.95 bits per heavy atom. The molecular weight excluding hydrogens is 238 g/mol. The number of aromatic nitrogens is 2. The molecular formula is C15H21N3O. The summed E-state index contributed by atoms with van der Waals surface area (Å²) in [6.45, 7) is 10.0. The van der Waals surface area contributed by atoms with Gasteiger partial charge in [-0.05, 0) is 25.5 Å². The van der Waals surface area contributed by atoms with Crippen LogP contribution >= 0.6 is 0 Å². The Bertz CT molecular complexity index is 570. The van der Waals surface area contributed by atoms with E-state index in [0.717, 1.165) is 45.1 Å². The summed E-state index contributed by atoms with van der Waals surface area (Å²) in [6.07, 6.45) is 0. The first-order chi connectivity index (χ1) is 9.24. The summed E-state index contributed by atoms with van der Waals surface area (Å²) in [7, 11) is 0. The number of morpholine rings is 1. The van der Waals surface area contributed by atoms with Crippen molar-refractivity contribution in [2.75, 3.05) is 32.8 Å². The number of ether oxygens (including phenoxy) is 1. The highest BCUT2D eigenvalue weighted by Gasteiger charge is 2.12. The monoisotopic (exact) mass is 259 g/mol. The summed E-state index contributed by atoms with van der Waals surface area (Å²) in [6, 6.07) is 6.57. The second-order valence-electron chi connectivity index (χ2n) is 5.28. The summed E-state index contributed by atoms with van der Waals surface area (Å²) in [5.41, 5.74) is 3.67. The van der Waals surface area contributed by atoms with E-state index in [0.29, 0.717) is 0 Å². The predicted octanol–water partition coefficient (Wildman–Crippen LogP) is 1.99. The van der Waals surface area contributed by atoms with Gasteiger partial charge in [-0.15, -0.1) is 0 Å². The van der Waals surface area contributed by atoms with E-state index in [1.54, 1.807) is 0 Å². The maximum absolute atomic E-state index is 5.38. The molecule has 0 aliphatic carbocycles. The average Bonchev–Trinajstić information content (AvgIpc) is 2.74. The van der Waals surface area contributed by atoms with Crippen LogP contribution in [0, 0.1) is 13.8 Å². The lowest BCUT2D eigenvalue weighted by Crippen LogP contribution is -2.38. The summed E-state index contributed by atoms with van der Waals surface area (Å²) >= 11 is 0.